The molecule has 0 amide bonds. The summed E-state index contributed by atoms with van der Waals surface area (Å²) >= 11 is 16.0. The number of carboxylic acids is 2. The quantitative estimate of drug-likeness (QED) is 0.00652. The number of methoxy groups -OCH3 is 4. The summed E-state index contributed by atoms with van der Waals surface area (Å²) < 4.78 is 19.6. The Bertz CT molecular complexity index is 3430. The number of aromatic nitrogens is 13. The zero-order chi connectivity index (χ0) is 77.4. The summed E-state index contributed by atoms with van der Waals surface area (Å²) in [5.41, 5.74) is 17.6. The predicted molar refractivity (Wildman–Crippen MR) is 401 cm³/mol. The molecule has 0 aliphatic carbocycles. The number of carbonyl (C=O) groups is 6. The Hall–Kier alpha value is -7.14. The molecule has 0 unspecified atom stereocenters. The van der Waals surface area contributed by atoms with Crippen molar-refractivity contribution in [3.63, 3.8) is 0 Å². The molecule has 0 saturated carbocycles. The van der Waals surface area contributed by atoms with E-state index in [0.29, 0.717) is 78.7 Å². The number of nitrogens with one attached hydrogen (secondary N) is 1. The molecule has 548 valence electrons. The van der Waals surface area contributed by atoms with Crippen molar-refractivity contribution in [1.29, 1.82) is 5.26 Å². The van der Waals surface area contributed by atoms with E-state index in [2.05, 4.69) is 155 Å². The Morgan fingerprint density at radius 3 is 1.22 bits per heavy atom. The van der Waals surface area contributed by atoms with Crippen molar-refractivity contribution < 1.29 is 72.7 Å². The van der Waals surface area contributed by atoms with Crippen molar-refractivity contribution in [3.05, 3.63) is 165 Å². The fourth-order valence-corrected chi connectivity index (χ4v) is 7.34. The van der Waals surface area contributed by atoms with Gasteiger partial charge in [-0.25, -0.2) is 4.98 Å². The molecule has 0 saturated heterocycles. The number of hydrogen-bond acceptors (Lipinski definition) is 28. The van der Waals surface area contributed by atoms with Gasteiger partial charge < -0.3 is 52.9 Å². The Morgan fingerprint density at radius 1 is 0.574 bits per heavy atom. The summed E-state index contributed by atoms with van der Waals surface area (Å²) in [6, 6.07) is 20.2. The third-order valence-corrected chi connectivity index (χ3v) is 14.6. The van der Waals surface area contributed by atoms with Crippen LogP contribution >= 0.6 is 81.6 Å². The van der Waals surface area contributed by atoms with E-state index in [4.69, 9.17) is 38.5 Å². The van der Waals surface area contributed by atoms with E-state index >= 15 is 0 Å². The molecule has 7 rings (SSSR count). The van der Waals surface area contributed by atoms with E-state index < -0.39 is 23.8 Å². The van der Waals surface area contributed by atoms with Crippen LogP contribution in [0.25, 0.3) is 0 Å². The molecule has 0 fully saturated rings. The van der Waals surface area contributed by atoms with Crippen LogP contribution in [-0.2, 0) is 108 Å². The molecule has 7 heterocycles. The SMILES string of the molecule is CC.COC(=O)[C@@H](C)CI.COC(=O)[C@@H](C)Cc1ccc(CN)cn1.COC(=O)[C@@H](C)Cc1ccc(Cl)cn1.CSc1nnc(C)nn1.C[C@@H](Cc1ccc(CN)cn1)C(=O)O.Cc1nnc(NCc2ccc(C[C@H](C)C(=O)O)nc2)nn1.N#Cc1ccc(Br)nc1.[CH2-][C@H](C)C(=O)OC.[Zn+][I]. The maximum absolute atomic E-state index is 11.2. The van der Waals surface area contributed by atoms with Crippen molar-refractivity contribution in [2.24, 2.45) is 47.0 Å². The third-order valence-electron chi connectivity index (χ3n) is 12.1. The fraction of sp³-hybridized carbons (Fsp3) is 0.439. The fourth-order valence-electron chi connectivity index (χ4n) is 6.39. The number of carbonyl (C=O) groups excluding carboxylic acids is 4. The number of aliphatic carboxylic acids is 2. The van der Waals surface area contributed by atoms with Crippen LogP contribution in [0.2, 0.25) is 5.02 Å². The molecule has 0 bridgehead atoms. The van der Waals surface area contributed by atoms with Crippen molar-refractivity contribution in [1.82, 2.24) is 65.7 Å². The van der Waals surface area contributed by atoms with Gasteiger partial charge in [0.2, 0.25) is 5.16 Å². The molecule has 0 spiro atoms. The van der Waals surface area contributed by atoms with Gasteiger partial charge in [0, 0.05) is 104 Å². The molecule has 0 aromatic carbocycles. The first-order valence-corrected chi connectivity index (χ1v) is 43.6. The van der Waals surface area contributed by atoms with E-state index in [1.165, 1.54) is 61.2 Å². The molecule has 7 aromatic rings. The van der Waals surface area contributed by atoms with Gasteiger partial charge in [-0.1, -0.05) is 125 Å². The van der Waals surface area contributed by atoms with E-state index in [0.717, 1.165) is 48.5 Å². The first kappa shape index (κ1) is 98.0. The number of hydrogen-bond donors (Lipinski definition) is 5. The van der Waals surface area contributed by atoms with Crippen LogP contribution in [0.15, 0.2) is 101 Å². The summed E-state index contributed by atoms with van der Waals surface area (Å²) in [7, 11) is 5.53. The van der Waals surface area contributed by atoms with Crippen molar-refractivity contribution in [3.8, 4) is 6.07 Å². The molecule has 35 heteroatoms. The van der Waals surface area contributed by atoms with Gasteiger partial charge in [-0.15, -0.1) is 40.8 Å². The van der Waals surface area contributed by atoms with Gasteiger partial charge in [0.25, 0.3) is 11.9 Å². The Kier molecular flexibility index (Phi) is 58.7. The number of nitrogens with two attached hydrogens (primary N) is 2. The van der Waals surface area contributed by atoms with Crippen LogP contribution < -0.4 is 16.8 Å². The van der Waals surface area contributed by atoms with Gasteiger partial charge in [-0.3, -0.25) is 48.7 Å². The molecule has 0 aliphatic heterocycles. The number of nitrogens with zero attached hydrogens (tertiary/aromatic N) is 14. The van der Waals surface area contributed by atoms with Gasteiger partial charge in [-0.05, 0) is 95.2 Å². The minimum atomic E-state index is -0.820. The first-order valence-electron chi connectivity index (χ1n) is 30.7. The molecular weight excluding hydrogens is 1690 g/mol. The topological polar surface area (TPSA) is 435 Å². The summed E-state index contributed by atoms with van der Waals surface area (Å²) in [6.07, 6.45) is 12.1. The van der Waals surface area contributed by atoms with Crippen molar-refractivity contribution in [2.75, 3.05) is 44.4 Å². The number of nitriles is 1. The number of pyridine rings is 5. The molecule has 7 N–H and O–H groups in total. The number of alkyl halides is 1. The van der Waals surface area contributed by atoms with Crippen LogP contribution in [0.4, 0.5) is 5.95 Å². The normalized spacial score (nSPS) is 11.4. The van der Waals surface area contributed by atoms with Gasteiger partial charge in [0.15, 0.2) is 11.6 Å². The summed E-state index contributed by atoms with van der Waals surface area (Å²) in [5, 5.41) is 60.3. The molecule has 6 atom stereocenters. The molecular formula is C66H91BrClI2N17O12SZn. The van der Waals surface area contributed by atoms with E-state index in [1.54, 1.807) is 77.6 Å². The number of thioether (sulfide) groups is 1. The number of carboxylic acid groups (broad SMARTS) is 2. The zero-order valence-corrected chi connectivity index (χ0v) is 69.9. The van der Waals surface area contributed by atoms with Crippen LogP contribution in [0.5, 0.6) is 0 Å². The average Bonchev–Trinajstić information content (AvgIpc) is 0.988. The number of aryl methyl sites for hydroxylation is 2. The molecule has 29 nitrogen and oxygen atoms in total. The first-order chi connectivity index (χ1) is 48.0. The number of halogens is 4. The standard InChI is InChI=1S/C13H16N6O2.C11H16N2O2.C10H12ClNO2.C10H14N2O2.C6H3BrN2.C5H9IO2.C5H9O2.C4H6N4S.C2H6.HI.Zn/c1-8(12(20)21)5-11-4-3-10(6-14-11)7-15-13-18-16-9(2)17-19-13;1-8(11(14)15-2)5-10-4-3-9(6-12)7-13-10;1-7(10(13)14-2)5-9-4-3-8(11)6-12-9;1-7(10(13)14)4-9-3-2-8(5-11)6-12-9;7-6-2-1-5(3-8)4-9-6;1-4(3-6)5(7)8-2;1-4(2)5(6)7-3;1-3-5-7-4(9-2)8-6-3;1-2;;/h3-4,6,8H,5,7H2,1-2H3,(H,20,21)(H,15,18,19);3-4,7-8H,5-6,12H2,1-2H3;3-4,6-7H,5H2,1-2H3;2-3,6-7H,4-5,11H2,1H3,(H,13,14);1-2,4H;4H,3H2,1-2H3;4H,1H2,2-3H3;1-2H3;1-2H3;1H;/q;;;;;;-1;;;;+2/p-1/t2*8-;2*7-;;2*4-;;;;/m0000.01..../s1. The second-order valence-electron chi connectivity index (χ2n) is 20.5. The second kappa shape index (κ2) is 60.4. The molecule has 0 radical (unpaired) electrons. The Morgan fingerprint density at radius 2 is 0.941 bits per heavy atom. The number of rotatable bonds is 21. The average molecular weight is 1780 g/mol. The van der Waals surface area contributed by atoms with Gasteiger partial charge in [0.05, 0.1) is 68.6 Å². The zero-order valence-electron chi connectivity index (χ0n) is 59.5. The van der Waals surface area contributed by atoms with Gasteiger partial charge in [-0.2, -0.15) is 5.26 Å². The monoisotopic (exact) mass is 1780 g/mol. The molecule has 101 heavy (non-hydrogen) atoms. The third kappa shape index (κ3) is 48.4. The summed E-state index contributed by atoms with van der Waals surface area (Å²) in [5.74, 6) is -2.35. The molecule has 7 aromatic heterocycles. The van der Waals surface area contributed by atoms with E-state index in [-0.39, 0.29) is 47.5 Å². The maximum atomic E-state index is 11.2. The van der Waals surface area contributed by atoms with Crippen LogP contribution in [0.3, 0.4) is 0 Å². The Labute approximate surface area is 643 Å². The summed E-state index contributed by atoms with van der Waals surface area (Å²) in [4.78, 5) is 84.9. The summed E-state index contributed by atoms with van der Waals surface area (Å²) in [6.45, 7) is 22.8. The number of esters is 4. The van der Waals surface area contributed by atoms with Crippen molar-refractivity contribution in [2.45, 2.75) is 120 Å². The predicted octanol–water partition coefficient (Wildman–Crippen LogP) is 10.4. The second-order valence-corrected chi connectivity index (χ2v) is 23.4. The molecule has 0 aliphatic rings. The minimum absolute atomic E-state index is 0.0422. The van der Waals surface area contributed by atoms with Crippen LogP contribution in [0, 0.1) is 67.6 Å². The van der Waals surface area contributed by atoms with Crippen LogP contribution in [-0.4, -0.2) is 151 Å². The number of ether oxygens (including phenoxy) is 4. The van der Waals surface area contributed by atoms with Crippen LogP contribution in [0.1, 0.15) is 112 Å². The Balaban J connectivity index is -0.00000110. The van der Waals surface area contributed by atoms with E-state index in [9.17, 15) is 28.8 Å². The van der Waals surface area contributed by atoms with E-state index in [1.807, 2.05) is 89.4 Å². The van der Waals surface area contributed by atoms with Crippen molar-refractivity contribution >= 4 is 123 Å². The van der Waals surface area contributed by atoms with Gasteiger partial charge >= 0.3 is 64.4 Å². The van der Waals surface area contributed by atoms with Gasteiger partial charge in [0.1, 0.15) is 10.7 Å². The number of anilines is 1.